The summed E-state index contributed by atoms with van der Waals surface area (Å²) >= 11 is 0. The van der Waals surface area contributed by atoms with Crippen molar-refractivity contribution in [3.63, 3.8) is 0 Å². The maximum absolute atomic E-state index is 14.0. The van der Waals surface area contributed by atoms with Crippen LogP contribution in [0.5, 0.6) is 0 Å². The third-order valence-corrected chi connectivity index (χ3v) is 8.19. The van der Waals surface area contributed by atoms with Crippen molar-refractivity contribution < 1.29 is 8.42 Å². The number of aromatic nitrogens is 2. The Morgan fingerprint density at radius 1 is 1.03 bits per heavy atom. The summed E-state index contributed by atoms with van der Waals surface area (Å²) in [6.07, 6.45) is 4.04. The number of nitrogens with zero attached hydrogens (tertiary/aromatic N) is 4. The van der Waals surface area contributed by atoms with Gasteiger partial charge in [-0.1, -0.05) is 48.5 Å². The molecule has 176 valence electrons. The summed E-state index contributed by atoms with van der Waals surface area (Å²) in [7, 11) is -3.80. The lowest BCUT2D eigenvalue weighted by Crippen LogP contribution is -2.45. The normalized spacial score (nSPS) is 16.3. The first-order chi connectivity index (χ1) is 17.0. The molecule has 8 heteroatoms. The number of nitriles is 1. The first-order valence-electron chi connectivity index (χ1n) is 11.4. The number of sulfonamides is 1. The molecule has 2 heterocycles. The molecule has 1 atom stereocenters. The van der Waals surface area contributed by atoms with Crippen molar-refractivity contribution in [1.82, 2.24) is 14.3 Å². The van der Waals surface area contributed by atoms with Gasteiger partial charge < -0.3 is 9.88 Å². The lowest BCUT2D eigenvalue weighted by Gasteiger charge is -2.32. The largest absolute Gasteiger partial charge is 0.362 e. The van der Waals surface area contributed by atoms with Crippen molar-refractivity contribution in [2.45, 2.75) is 30.4 Å². The second-order valence-corrected chi connectivity index (χ2v) is 10.5. The molecule has 1 N–H and O–H groups in total. The maximum Gasteiger partial charge on any atom is 0.243 e. The molecule has 0 unspecified atom stereocenters. The van der Waals surface area contributed by atoms with E-state index in [-0.39, 0.29) is 17.5 Å². The number of benzene rings is 3. The summed E-state index contributed by atoms with van der Waals surface area (Å²) in [5, 5.41) is 9.52. The van der Waals surface area contributed by atoms with E-state index in [9.17, 15) is 13.7 Å². The Bertz CT molecular complexity index is 1430. The highest BCUT2D eigenvalue weighted by molar-refractivity contribution is 7.89. The molecule has 0 spiro atoms. The molecule has 0 aliphatic carbocycles. The van der Waals surface area contributed by atoms with E-state index >= 15 is 0 Å². The Morgan fingerprint density at radius 2 is 1.77 bits per heavy atom. The molecule has 0 fully saturated rings. The Labute approximate surface area is 205 Å². The highest BCUT2D eigenvalue weighted by atomic mass is 32.2. The molecular formula is C27H25N5O2S. The van der Waals surface area contributed by atoms with Crippen LogP contribution in [0.1, 0.15) is 22.5 Å². The first kappa shape index (κ1) is 22.8. The van der Waals surface area contributed by atoms with E-state index in [2.05, 4.69) is 20.9 Å². The fraction of sp³-hybridized carbons (Fsp3) is 0.185. The highest BCUT2D eigenvalue weighted by Gasteiger charge is 2.36. The molecule has 0 bridgehead atoms. The summed E-state index contributed by atoms with van der Waals surface area (Å²) in [6, 6.07) is 25.8. The van der Waals surface area contributed by atoms with E-state index in [1.807, 2.05) is 42.5 Å². The Kier molecular flexibility index (Phi) is 6.36. The van der Waals surface area contributed by atoms with E-state index in [1.165, 1.54) is 0 Å². The molecular weight excluding hydrogens is 458 g/mol. The third kappa shape index (κ3) is 4.83. The molecule has 7 nitrogen and oxygen atoms in total. The summed E-state index contributed by atoms with van der Waals surface area (Å²) in [5.74, 6) is 0.790. The van der Waals surface area contributed by atoms with Gasteiger partial charge in [-0.3, -0.25) is 0 Å². The number of imidazole rings is 1. The van der Waals surface area contributed by atoms with Gasteiger partial charge >= 0.3 is 0 Å². The number of hydrogen-bond acceptors (Lipinski definition) is 5. The average molecular weight is 484 g/mol. The summed E-state index contributed by atoms with van der Waals surface area (Å²) in [4.78, 5) is 9.96. The number of hydrogen-bond donors (Lipinski definition) is 1. The van der Waals surface area contributed by atoms with Crippen LogP contribution in [-0.4, -0.2) is 35.3 Å². The van der Waals surface area contributed by atoms with Crippen LogP contribution in [0, 0.1) is 11.3 Å². The van der Waals surface area contributed by atoms with Gasteiger partial charge in [-0.15, -0.1) is 0 Å². The molecule has 1 aliphatic heterocycles. The molecule has 35 heavy (non-hydrogen) atoms. The SMILES string of the molecule is N#Cc1ccc2c(c1)CN(S(=O)(=O)c1ccccc1)[C@H](Cc1ccccc1)CN2Cc1ncc[nH]1. The van der Waals surface area contributed by atoms with Gasteiger partial charge in [0, 0.05) is 37.2 Å². The molecule has 0 amide bonds. The van der Waals surface area contributed by atoms with Crippen molar-refractivity contribution in [3.05, 3.63) is 114 Å². The predicted octanol–water partition coefficient (Wildman–Crippen LogP) is 4.10. The first-order valence-corrected chi connectivity index (χ1v) is 12.9. The van der Waals surface area contributed by atoms with Gasteiger partial charge in [0.05, 0.1) is 23.1 Å². The van der Waals surface area contributed by atoms with Crippen molar-refractivity contribution in [1.29, 1.82) is 5.26 Å². The number of fused-ring (bicyclic) bond motifs is 1. The smallest absolute Gasteiger partial charge is 0.243 e. The van der Waals surface area contributed by atoms with Crippen molar-refractivity contribution in [2.24, 2.45) is 0 Å². The van der Waals surface area contributed by atoms with Gasteiger partial charge in [0.2, 0.25) is 10.0 Å². The van der Waals surface area contributed by atoms with Crippen LogP contribution >= 0.6 is 0 Å². The minimum Gasteiger partial charge on any atom is -0.362 e. The maximum atomic E-state index is 14.0. The fourth-order valence-electron chi connectivity index (χ4n) is 4.61. The zero-order valence-corrected chi connectivity index (χ0v) is 19.9. The third-order valence-electron chi connectivity index (χ3n) is 6.27. The van der Waals surface area contributed by atoms with Crippen LogP contribution in [0.15, 0.2) is 96.2 Å². The van der Waals surface area contributed by atoms with Gasteiger partial charge in [-0.25, -0.2) is 13.4 Å². The van der Waals surface area contributed by atoms with E-state index in [0.717, 1.165) is 22.6 Å². The lowest BCUT2D eigenvalue weighted by molar-refractivity contribution is 0.317. The minimum absolute atomic E-state index is 0.175. The molecule has 1 aliphatic rings. The molecule has 5 rings (SSSR count). The highest BCUT2D eigenvalue weighted by Crippen LogP contribution is 2.33. The fourth-order valence-corrected chi connectivity index (χ4v) is 6.22. The van der Waals surface area contributed by atoms with Crippen molar-refractivity contribution >= 4 is 15.7 Å². The molecule has 1 aromatic heterocycles. The van der Waals surface area contributed by atoms with Gasteiger partial charge in [-0.2, -0.15) is 9.57 Å². The molecule has 0 saturated heterocycles. The summed E-state index contributed by atoms with van der Waals surface area (Å²) in [5.41, 5.74) is 3.27. The van der Waals surface area contributed by atoms with Crippen LogP contribution in [-0.2, 0) is 29.5 Å². The number of aromatic amines is 1. The van der Waals surface area contributed by atoms with Crippen LogP contribution < -0.4 is 4.90 Å². The summed E-state index contributed by atoms with van der Waals surface area (Å²) < 4.78 is 29.5. The number of anilines is 1. The van der Waals surface area contributed by atoms with Gasteiger partial charge in [-0.05, 0) is 47.9 Å². The van der Waals surface area contributed by atoms with Gasteiger partial charge in [0.15, 0.2) is 0 Å². The van der Waals surface area contributed by atoms with Crippen molar-refractivity contribution in [2.75, 3.05) is 11.4 Å². The Morgan fingerprint density at radius 3 is 2.46 bits per heavy atom. The molecule has 4 aromatic rings. The van der Waals surface area contributed by atoms with Gasteiger partial charge in [0.1, 0.15) is 5.82 Å². The van der Waals surface area contributed by atoms with E-state index in [4.69, 9.17) is 0 Å². The van der Waals surface area contributed by atoms with Crippen LogP contribution in [0.25, 0.3) is 0 Å². The zero-order chi connectivity index (χ0) is 24.3. The van der Waals surface area contributed by atoms with Crippen LogP contribution in [0.3, 0.4) is 0 Å². The van der Waals surface area contributed by atoms with Gasteiger partial charge in [0.25, 0.3) is 0 Å². The Hall–Kier alpha value is -3.93. The van der Waals surface area contributed by atoms with E-state index in [0.29, 0.717) is 25.1 Å². The Balaban J connectivity index is 1.62. The quantitative estimate of drug-likeness (QED) is 0.446. The van der Waals surface area contributed by atoms with Crippen LogP contribution in [0.2, 0.25) is 0 Å². The second-order valence-electron chi connectivity index (χ2n) is 8.58. The van der Waals surface area contributed by atoms with Crippen LogP contribution in [0.4, 0.5) is 5.69 Å². The van der Waals surface area contributed by atoms with E-state index in [1.54, 1.807) is 53.1 Å². The number of rotatable bonds is 6. The summed E-state index contributed by atoms with van der Waals surface area (Å²) in [6.45, 7) is 1.14. The minimum atomic E-state index is -3.80. The zero-order valence-electron chi connectivity index (χ0n) is 19.1. The second kappa shape index (κ2) is 9.74. The average Bonchev–Trinajstić information content (AvgIpc) is 3.35. The topological polar surface area (TPSA) is 93.1 Å². The molecule has 0 saturated carbocycles. The van der Waals surface area contributed by atoms with E-state index < -0.39 is 10.0 Å². The molecule has 0 radical (unpaired) electrons. The monoisotopic (exact) mass is 483 g/mol. The number of nitrogens with one attached hydrogen (secondary N) is 1. The predicted molar refractivity (Wildman–Crippen MR) is 134 cm³/mol. The lowest BCUT2D eigenvalue weighted by atomic mass is 10.1. The van der Waals surface area contributed by atoms with Crippen molar-refractivity contribution in [3.8, 4) is 6.07 Å². The standard InChI is InChI=1S/C27H25N5O2S/c28-17-22-11-12-26-23(15-22)18-32(35(33,34)25-9-5-2-6-10-25)24(16-21-7-3-1-4-8-21)19-31(26)20-27-29-13-14-30-27/h1-15,24H,16,18-20H2,(H,29,30)/t24-/m1/s1. The number of H-pyrrole nitrogens is 1. The molecule has 3 aromatic carbocycles.